The van der Waals surface area contributed by atoms with Crippen LogP contribution in [-0.2, 0) is 4.79 Å². The van der Waals surface area contributed by atoms with Crippen molar-refractivity contribution in [2.24, 2.45) is 0 Å². The summed E-state index contributed by atoms with van der Waals surface area (Å²) in [5.74, 6) is 1.47. The molecule has 0 bridgehead atoms. The fourth-order valence-corrected chi connectivity index (χ4v) is 2.53. The third-order valence-electron chi connectivity index (χ3n) is 3.53. The molecule has 130 valence electrons. The molecule has 0 saturated heterocycles. The van der Waals surface area contributed by atoms with Gasteiger partial charge in [0.05, 0.1) is 18.5 Å². The lowest BCUT2D eigenvalue weighted by atomic mass is 10.2. The van der Waals surface area contributed by atoms with Crippen molar-refractivity contribution in [3.63, 3.8) is 0 Å². The fraction of sp³-hybridized carbons (Fsp3) is 0.176. The minimum Gasteiger partial charge on any atom is -0.495 e. The summed E-state index contributed by atoms with van der Waals surface area (Å²) in [5, 5.41) is 3.03. The van der Waals surface area contributed by atoms with Gasteiger partial charge in [0.1, 0.15) is 19.0 Å². The van der Waals surface area contributed by atoms with E-state index in [1.807, 2.05) is 0 Å². The van der Waals surface area contributed by atoms with E-state index in [0.29, 0.717) is 53.3 Å². The molecule has 7 nitrogen and oxygen atoms in total. The van der Waals surface area contributed by atoms with Crippen molar-refractivity contribution in [1.82, 2.24) is 0 Å². The first-order valence-corrected chi connectivity index (χ1v) is 7.79. The molecule has 1 aliphatic rings. The minimum absolute atomic E-state index is 0.345. The number of carbonyl (C=O) groups excluding carboxylic acids is 2. The van der Waals surface area contributed by atoms with Gasteiger partial charge in [0.25, 0.3) is 0 Å². The van der Waals surface area contributed by atoms with Crippen LogP contribution in [0.15, 0.2) is 36.4 Å². The maximum Gasteiger partial charge on any atom is 0.333 e. The Balaban J connectivity index is 1.85. The molecule has 3 rings (SSSR count). The van der Waals surface area contributed by atoms with Gasteiger partial charge >= 0.3 is 6.03 Å². The van der Waals surface area contributed by atoms with Gasteiger partial charge in [-0.2, -0.15) is 0 Å². The normalized spacial score (nSPS) is 12.2. The van der Waals surface area contributed by atoms with Crippen LogP contribution in [0.1, 0.15) is 0 Å². The highest BCUT2D eigenvalue weighted by Gasteiger charge is 2.20. The van der Waals surface area contributed by atoms with E-state index in [1.54, 1.807) is 30.3 Å². The summed E-state index contributed by atoms with van der Waals surface area (Å²) in [5.41, 5.74) is 0.696. The molecule has 2 aromatic carbocycles. The van der Waals surface area contributed by atoms with Gasteiger partial charge < -0.3 is 19.5 Å². The summed E-state index contributed by atoms with van der Waals surface area (Å²) in [6, 6.07) is 8.93. The quantitative estimate of drug-likeness (QED) is 0.844. The molecule has 1 heterocycles. The van der Waals surface area contributed by atoms with Crippen LogP contribution in [0.4, 0.5) is 16.2 Å². The number of methoxy groups -OCH3 is 1. The van der Waals surface area contributed by atoms with E-state index in [4.69, 9.17) is 25.8 Å². The Labute approximate surface area is 149 Å². The second kappa shape index (κ2) is 7.31. The number of ether oxygens (including phenoxy) is 3. The van der Waals surface area contributed by atoms with Gasteiger partial charge in [-0.15, -0.1) is 0 Å². The summed E-state index contributed by atoms with van der Waals surface area (Å²) in [6.45, 7) is 0.863. The van der Waals surface area contributed by atoms with E-state index in [9.17, 15) is 9.59 Å². The average Bonchev–Trinajstić information content (AvgIpc) is 2.62. The van der Waals surface area contributed by atoms with Crippen LogP contribution in [-0.4, -0.2) is 32.8 Å². The Hall–Kier alpha value is -2.93. The maximum atomic E-state index is 12.5. The van der Waals surface area contributed by atoms with Crippen LogP contribution in [0.3, 0.4) is 0 Å². The summed E-state index contributed by atoms with van der Waals surface area (Å²) >= 11 is 5.95. The molecule has 25 heavy (non-hydrogen) atoms. The summed E-state index contributed by atoms with van der Waals surface area (Å²) < 4.78 is 16.1. The van der Waals surface area contributed by atoms with E-state index >= 15 is 0 Å². The first kappa shape index (κ1) is 16.9. The molecular weight excluding hydrogens is 348 g/mol. The molecule has 0 aromatic heterocycles. The number of fused-ring (bicyclic) bond motifs is 1. The number of hydrogen-bond acceptors (Lipinski definition) is 5. The van der Waals surface area contributed by atoms with Crippen LogP contribution < -0.4 is 24.4 Å². The van der Waals surface area contributed by atoms with E-state index in [2.05, 4.69) is 5.32 Å². The Bertz CT molecular complexity index is 812. The largest absolute Gasteiger partial charge is 0.495 e. The predicted octanol–water partition coefficient (Wildman–Crippen LogP) is 3.31. The van der Waals surface area contributed by atoms with Gasteiger partial charge in [0.2, 0.25) is 6.41 Å². The standard InChI is InChI=1S/C17H15ClN2O5/c1-23-14-4-2-11(18)8-13(14)19-17(22)20(10-21)12-3-5-15-16(9-12)25-7-6-24-15/h2-5,8-10H,6-7H2,1H3,(H,19,22). The molecule has 0 unspecified atom stereocenters. The van der Waals surface area contributed by atoms with Gasteiger partial charge in [0.15, 0.2) is 11.5 Å². The van der Waals surface area contributed by atoms with Crippen LogP contribution in [0, 0.1) is 0 Å². The number of urea groups is 1. The van der Waals surface area contributed by atoms with E-state index in [0.717, 1.165) is 4.90 Å². The SMILES string of the molecule is COc1ccc(Cl)cc1NC(=O)N(C=O)c1ccc2c(c1)OCCO2. The van der Waals surface area contributed by atoms with Crippen molar-refractivity contribution < 1.29 is 23.8 Å². The van der Waals surface area contributed by atoms with Crippen LogP contribution in [0.5, 0.6) is 17.2 Å². The third-order valence-corrected chi connectivity index (χ3v) is 3.77. The van der Waals surface area contributed by atoms with E-state index in [-0.39, 0.29) is 0 Å². The zero-order chi connectivity index (χ0) is 17.8. The van der Waals surface area contributed by atoms with E-state index in [1.165, 1.54) is 13.2 Å². The average molecular weight is 363 g/mol. The van der Waals surface area contributed by atoms with Crippen molar-refractivity contribution in [2.75, 3.05) is 30.5 Å². The van der Waals surface area contributed by atoms with Crippen molar-refractivity contribution in [2.45, 2.75) is 0 Å². The molecule has 0 aliphatic carbocycles. The van der Waals surface area contributed by atoms with Crippen molar-refractivity contribution in [1.29, 1.82) is 0 Å². The Morgan fingerprint density at radius 1 is 1.20 bits per heavy atom. The maximum absolute atomic E-state index is 12.5. The fourth-order valence-electron chi connectivity index (χ4n) is 2.36. The number of halogens is 1. The van der Waals surface area contributed by atoms with Crippen LogP contribution in [0.2, 0.25) is 5.02 Å². The van der Waals surface area contributed by atoms with Gasteiger partial charge in [-0.1, -0.05) is 11.6 Å². The number of benzene rings is 2. The molecule has 3 amide bonds. The lowest BCUT2D eigenvalue weighted by molar-refractivity contribution is -0.106. The molecule has 0 spiro atoms. The molecule has 0 saturated carbocycles. The first-order valence-electron chi connectivity index (χ1n) is 7.41. The number of amides is 3. The second-order valence-electron chi connectivity index (χ2n) is 5.08. The third kappa shape index (κ3) is 3.61. The summed E-state index contributed by atoms with van der Waals surface area (Å²) in [6.07, 6.45) is 0.414. The van der Waals surface area contributed by atoms with Gasteiger partial charge in [-0.05, 0) is 30.3 Å². The lowest BCUT2D eigenvalue weighted by Crippen LogP contribution is -2.34. The van der Waals surface area contributed by atoms with Crippen molar-refractivity contribution in [3.05, 3.63) is 41.4 Å². The van der Waals surface area contributed by atoms with Gasteiger partial charge in [-0.3, -0.25) is 4.79 Å². The highest BCUT2D eigenvalue weighted by atomic mass is 35.5. The summed E-state index contributed by atoms with van der Waals surface area (Å²) in [4.78, 5) is 24.9. The Morgan fingerprint density at radius 2 is 1.96 bits per heavy atom. The lowest BCUT2D eigenvalue weighted by Gasteiger charge is -2.22. The molecular formula is C17H15ClN2O5. The molecule has 2 aromatic rings. The second-order valence-corrected chi connectivity index (χ2v) is 5.51. The molecule has 1 N–H and O–H groups in total. The monoisotopic (exact) mass is 362 g/mol. The van der Waals surface area contributed by atoms with Crippen LogP contribution in [0.25, 0.3) is 0 Å². The number of anilines is 2. The molecule has 8 heteroatoms. The minimum atomic E-state index is -0.660. The highest BCUT2D eigenvalue weighted by Crippen LogP contribution is 2.34. The number of rotatable bonds is 4. The summed E-state index contributed by atoms with van der Waals surface area (Å²) in [7, 11) is 1.47. The number of carbonyl (C=O) groups is 2. The smallest absolute Gasteiger partial charge is 0.333 e. The first-order chi connectivity index (χ1) is 12.1. The van der Waals surface area contributed by atoms with Crippen molar-refractivity contribution in [3.8, 4) is 17.2 Å². The highest BCUT2D eigenvalue weighted by molar-refractivity contribution is 6.31. The molecule has 0 fully saturated rings. The van der Waals surface area contributed by atoms with Gasteiger partial charge in [-0.25, -0.2) is 9.69 Å². The Kier molecular flexibility index (Phi) is 4.95. The van der Waals surface area contributed by atoms with E-state index < -0.39 is 6.03 Å². The number of nitrogens with one attached hydrogen (secondary N) is 1. The number of hydrogen-bond donors (Lipinski definition) is 1. The molecule has 0 atom stereocenters. The predicted molar refractivity (Wildman–Crippen MR) is 93.0 cm³/mol. The van der Waals surface area contributed by atoms with Gasteiger partial charge in [0, 0.05) is 11.1 Å². The zero-order valence-electron chi connectivity index (χ0n) is 13.3. The molecule has 1 aliphatic heterocycles. The Morgan fingerprint density at radius 3 is 2.68 bits per heavy atom. The molecule has 0 radical (unpaired) electrons. The topological polar surface area (TPSA) is 77.1 Å². The van der Waals surface area contributed by atoms with Crippen LogP contribution >= 0.6 is 11.6 Å². The number of imide groups is 1. The number of nitrogens with zero attached hydrogens (tertiary/aromatic N) is 1. The van der Waals surface area contributed by atoms with Crippen molar-refractivity contribution >= 4 is 35.4 Å². The zero-order valence-corrected chi connectivity index (χ0v) is 14.1.